The van der Waals surface area contributed by atoms with E-state index in [9.17, 15) is 9.59 Å². The van der Waals surface area contributed by atoms with Gasteiger partial charge < -0.3 is 5.73 Å². The summed E-state index contributed by atoms with van der Waals surface area (Å²) in [6.07, 6.45) is 1.21. The molecule has 2 N–H and O–H groups in total. The van der Waals surface area contributed by atoms with Crippen LogP contribution in [0.4, 0.5) is 4.79 Å². The van der Waals surface area contributed by atoms with Crippen molar-refractivity contribution in [3.8, 4) is 6.07 Å². The first-order valence-electron chi connectivity index (χ1n) is 5.20. The van der Waals surface area contributed by atoms with Gasteiger partial charge in [0.15, 0.2) is 0 Å². The first-order chi connectivity index (χ1) is 8.11. The molecular weight excluding hydrogens is 238 g/mol. The van der Waals surface area contributed by atoms with Gasteiger partial charge in [0.1, 0.15) is 10.9 Å². The molecule has 1 aliphatic rings. The van der Waals surface area contributed by atoms with Crippen LogP contribution in [0.1, 0.15) is 16.9 Å². The van der Waals surface area contributed by atoms with Crippen molar-refractivity contribution in [1.29, 1.82) is 5.26 Å². The number of nitriles is 1. The second-order valence-electron chi connectivity index (χ2n) is 3.95. The Labute approximate surface area is 102 Å². The zero-order valence-corrected chi connectivity index (χ0v) is 9.87. The van der Waals surface area contributed by atoms with Crippen LogP contribution in [0, 0.1) is 17.2 Å². The summed E-state index contributed by atoms with van der Waals surface area (Å²) in [5, 5.41) is 10.6. The van der Waals surface area contributed by atoms with Crippen molar-refractivity contribution in [3.63, 3.8) is 0 Å². The number of hydrogen-bond donors (Lipinski definition) is 1. The van der Waals surface area contributed by atoms with Crippen molar-refractivity contribution >= 4 is 23.3 Å². The van der Waals surface area contributed by atoms with Crippen molar-refractivity contribution in [1.82, 2.24) is 4.90 Å². The van der Waals surface area contributed by atoms with Crippen LogP contribution in [0.3, 0.4) is 0 Å². The highest BCUT2D eigenvalue weighted by atomic mass is 32.1. The fourth-order valence-electron chi connectivity index (χ4n) is 1.97. The van der Waals surface area contributed by atoms with Crippen molar-refractivity contribution in [2.24, 2.45) is 11.7 Å². The molecule has 1 aliphatic heterocycles. The number of rotatable bonds is 2. The smallest absolute Gasteiger partial charge is 0.321 e. The van der Waals surface area contributed by atoms with Gasteiger partial charge in [-0.25, -0.2) is 4.79 Å². The third kappa shape index (κ3) is 2.29. The molecule has 5 nitrogen and oxygen atoms in total. The molecular formula is C11H11N3O2S. The molecule has 3 amide bonds. The second-order valence-corrected chi connectivity index (χ2v) is 4.86. The van der Waals surface area contributed by atoms with Gasteiger partial charge in [-0.15, -0.1) is 11.3 Å². The lowest BCUT2D eigenvalue weighted by Gasteiger charge is -2.10. The molecule has 0 radical (unpaired) electrons. The largest absolute Gasteiger partial charge is 0.351 e. The topological polar surface area (TPSA) is 87.2 Å². The Balaban J connectivity index is 2.04. The van der Waals surface area contributed by atoms with Crippen molar-refractivity contribution in [2.45, 2.75) is 12.8 Å². The molecule has 1 fully saturated rings. The predicted octanol–water partition coefficient (Wildman–Crippen LogP) is 1.09. The van der Waals surface area contributed by atoms with Crippen LogP contribution in [-0.2, 0) is 11.2 Å². The minimum absolute atomic E-state index is 0.191. The molecule has 6 heteroatoms. The molecule has 1 unspecified atom stereocenters. The molecule has 2 heterocycles. The number of carbonyl (C=O) groups is 2. The molecule has 0 spiro atoms. The van der Waals surface area contributed by atoms with Crippen molar-refractivity contribution < 1.29 is 9.59 Å². The second kappa shape index (κ2) is 4.55. The van der Waals surface area contributed by atoms with Crippen LogP contribution >= 0.6 is 11.3 Å². The minimum atomic E-state index is -0.680. The molecule has 88 valence electrons. The lowest BCUT2D eigenvalue weighted by atomic mass is 10.00. The number of thiophene rings is 1. The van der Waals surface area contributed by atoms with E-state index in [1.165, 1.54) is 11.3 Å². The maximum atomic E-state index is 11.8. The zero-order chi connectivity index (χ0) is 12.4. The molecule has 0 aromatic carbocycles. The molecule has 1 atom stereocenters. The zero-order valence-electron chi connectivity index (χ0n) is 9.05. The third-order valence-corrected chi connectivity index (χ3v) is 3.71. The van der Waals surface area contributed by atoms with Crippen molar-refractivity contribution in [2.75, 3.05) is 6.54 Å². The normalized spacial score (nSPS) is 19.4. The molecule has 17 heavy (non-hydrogen) atoms. The van der Waals surface area contributed by atoms with Gasteiger partial charge in [0.05, 0.1) is 0 Å². The molecule has 0 saturated carbocycles. The molecule has 0 bridgehead atoms. The number of nitrogens with zero attached hydrogens (tertiary/aromatic N) is 2. The number of likely N-dealkylation sites (tertiary alicyclic amines) is 1. The van der Waals surface area contributed by atoms with Crippen LogP contribution in [0.5, 0.6) is 0 Å². The Morgan fingerprint density at radius 2 is 2.47 bits per heavy atom. The van der Waals surface area contributed by atoms with E-state index in [0.29, 0.717) is 24.3 Å². The molecule has 1 aromatic heterocycles. The van der Waals surface area contributed by atoms with Gasteiger partial charge >= 0.3 is 6.03 Å². The summed E-state index contributed by atoms with van der Waals surface area (Å²) in [5.41, 5.74) is 6.06. The van der Waals surface area contributed by atoms with Gasteiger partial charge in [-0.1, -0.05) is 0 Å². The standard InChI is InChI=1S/C11H11N3O2S/c12-5-9-4-7(6-17-9)3-8-1-2-14(10(8)15)11(13)16/h4,6,8H,1-3H2,(H2,13,16). The predicted molar refractivity (Wildman–Crippen MR) is 62.1 cm³/mol. The summed E-state index contributed by atoms with van der Waals surface area (Å²) in [6, 6.07) is 3.16. The maximum absolute atomic E-state index is 11.8. The maximum Gasteiger partial charge on any atom is 0.321 e. The molecule has 0 aliphatic carbocycles. The van der Waals surface area contributed by atoms with Crippen LogP contribution in [0.25, 0.3) is 0 Å². The number of imide groups is 1. The minimum Gasteiger partial charge on any atom is -0.351 e. The van der Waals surface area contributed by atoms with E-state index >= 15 is 0 Å². The van der Waals surface area contributed by atoms with E-state index in [2.05, 4.69) is 6.07 Å². The third-order valence-electron chi connectivity index (χ3n) is 2.83. The van der Waals surface area contributed by atoms with Crippen LogP contribution in [0.15, 0.2) is 11.4 Å². The van der Waals surface area contributed by atoms with Gasteiger partial charge in [-0.05, 0) is 29.9 Å². The average Bonchev–Trinajstić information content (AvgIpc) is 2.87. The summed E-state index contributed by atoms with van der Waals surface area (Å²) in [4.78, 5) is 24.5. The van der Waals surface area contributed by atoms with Gasteiger partial charge in [-0.2, -0.15) is 5.26 Å². The fourth-order valence-corrected chi connectivity index (χ4v) is 2.69. The van der Waals surface area contributed by atoms with Crippen LogP contribution in [-0.4, -0.2) is 23.4 Å². The molecule has 2 rings (SSSR count). The highest BCUT2D eigenvalue weighted by molar-refractivity contribution is 7.10. The number of nitrogens with two attached hydrogens (primary N) is 1. The number of carbonyl (C=O) groups excluding carboxylic acids is 2. The first-order valence-corrected chi connectivity index (χ1v) is 6.08. The number of hydrogen-bond acceptors (Lipinski definition) is 4. The lowest BCUT2D eigenvalue weighted by Crippen LogP contribution is -2.38. The van der Waals surface area contributed by atoms with E-state index < -0.39 is 6.03 Å². The fraction of sp³-hybridized carbons (Fsp3) is 0.364. The van der Waals surface area contributed by atoms with Gasteiger partial charge in [0.2, 0.25) is 5.91 Å². The van der Waals surface area contributed by atoms with Crippen molar-refractivity contribution in [3.05, 3.63) is 21.9 Å². The van der Waals surface area contributed by atoms with E-state index in [1.807, 2.05) is 5.38 Å². The van der Waals surface area contributed by atoms with E-state index in [-0.39, 0.29) is 11.8 Å². The molecule has 1 aromatic rings. The average molecular weight is 249 g/mol. The number of amides is 3. The highest BCUT2D eigenvalue weighted by Crippen LogP contribution is 2.24. The van der Waals surface area contributed by atoms with Crippen LogP contribution < -0.4 is 5.73 Å². The van der Waals surface area contributed by atoms with E-state index in [0.717, 1.165) is 10.5 Å². The highest BCUT2D eigenvalue weighted by Gasteiger charge is 2.34. The van der Waals surface area contributed by atoms with Gasteiger partial charge in [-0.3, -0.25) is 9.69 Å². The van der Waals surface area contributed by atoms with E-state index in [1.54, 1.807) is 6.07 Å². The quantitative estimate of drug-likeness (QED) is 0.851. The number of urea groups is 1. The van der Waals surface area contributed by atoms with E-state index in [4.69, 9.17) is 11.0 Å². The molecule has 1 saturated heterocycles. The summed E-state index contributed by atoms with van der Waals surface area (Å²) in [6.45, 7) is 0.397. The Bertz CT molecular complexity index is 503. The summed E-state index contributed by atoms with van der Waals surface area (Å²) in [7, 11) is 0. The Kier molecular flexibility index (Phi) is 3.11. The Hall–Kier alpha value is -1.87. The lowest BCUT2D eigenvalue weighted by molar-refractivity contribution is -0.128. The number of primary amides is 1. The van der Waals surface area contributed by atoms with Crippen LogP contribution in [0.2, 0.25) is 0 Å². The summed E-state index contributed by atoms with van der Waals surface area (Å²) >= 11 is 1.36. The monoisotopic (exact) mass is 249 g/mol. The van der Waals surface area contributed by atoms with Gasteiger partial charge in [0, 0.05) is 12.5 Å². The summed E-state index contributed by atoms with van der Waals surface area (Å²) in [5.74, 6) is -0.397. The Morgan fingerprint density at radius 3 is 3.00 bits per heavy atom. The SMILES string of the molecule is N#Cc1cc(CC2CCN(C(N)=O)C2=O)cs1. The first kappa shape index (κ1) is 11.6. The Morgan fingerprint density at radius 1 is 1.71 bits per heavy atom. The van der Waals surface area contributed by atoms with Gasteiger partial charge in [0.25, 0.3) is 0 Å². The summed E-state index contributed by atoms with van der Waals surface area (Å²) < 4.78 is 0.